The van der Waals surface area contributed by atoms with Crippen LogP contribution in [0.1, 0.15) is 42.9 Å². The molecule has 0 saturated heterocycles. The van der Waals surface area contributed by atoms with E-state index in [2.05, 4.69) is 5.32 Å². The molecule has 0 saturated carbocycles. The molecule has 3 rings (SSSR count). The predicted molar refractivity (Wildman–Crippen MR) is 167 cm³/mol. The maximum atomic E-state index is 13.9. The Labute approximate surface area is 253 Å². The number of aryl methyl sites for hydroxylation is 1. The first-order chi connectivity index (χ1) is 19.5. The van der Waals surface area contributed by atoms with Crippen LogP contribution in [0.15, 0.2) is 72.8 Å². The van der Waals surface area contributed by atoms with Gasteiger partial charge in [0.15, 0.2) is 0 Å². The Kier molecular flexibility index (Phi) is 12.1. The molecule has 3 aromatic carbocycles. The Bertz CT molecular complexity index is 1430. The van der Waals surface area contributed by atoms with Crippen molar-refractivity contribution < 1.29 is 18.0 Å². The molecule has 10 heteroatoms. The lowest BCUT2D eigenvalue weighted by Crippen LogP contribution is -2.50. The van der Waals surface area contributed by atoms with Gasteiger partial charge in [0, 0.05) is 42.5 Å². The maximum Gasteiger partial charge on any atom is 0.243 e. The summed E-state index contributed by atoms with van der Waals surface area (Å²) in [6.07, 6.45) is 2.52. The van der Waals surface area contributed by atoms with Crippen molar-refractivity contribution in [3.05, 3.63) is 99.5 Å². The normalized spacial score (nSPS) is 12.0. The highest BCUT2D eigenvalue weighted by atomic mass is 35.5. The van der Waals surface area contributed by atoms with Gasteiger partial charge in [-0.25, -0.2) is 8.42 Å². The van der Waals surface area contributed by atoms with Crippen LogP contribution in [0.25, 0.3) is 0 Å². The van der Waals surface area contributed by atoms with E-state index in [9.17, 15) is 18.0 Å². The zero-order valence-corrected chi connectivity index (χ0v) is 26.0. The van der Waals surface area contributed by atoms with Crippen LogP contribution in [-0.2, 0) is 32.6 Å². The van der Waals surface area contributed by atoms with Gasteiger partial charge in [0.05, 0.1) is 11.9 Å². The first-order valence-corrected chi connectivity index (χ1v) is 16.2. The molecular weight excluding hydrogens is 581 g/mol. The summed E-state index contributed by atoms with van der Waals surface area (Å²) in [7, 11) is -3.58. The minimum absolute atomic E-state index is 0.0372. The number of halogens is 2. The molecule has 3 aromatic rings. The molecule has 0 aliphatic rings. The van der Waals surface area contributed by atoms with Crippen molar-refractivity contribution in [3.8, 4) is 0 Å². The molecule has 220 valence electrons. The van der Waals surface area contributed by atoms with Crippen molar-refractivity contribution in [2.75, 3.05) is 23.7 Å². The third-order valence-corrected chi connectivity index (χ3v) is 8.48. The van der Waals surface area contributed by atoms with E-state index < -0.39 is 16.1 Å². The van der Waals surface area contributed by atoms with Crippen LogP contribution in [0.5, 0.6) is 0 Å². The summed E-state index contributed by atoms with van der Waals surface area (Å²) >= 11 is 12.6. The predicted octanol–water partition coefficient (Wildman–Crippen LogP) is 6.01. The fourth-order valence-electron chi connectivity index (χ4n) is 4.58. The number of nitrogens with one attached hydrogen (secondary N) is 1. The summed E-state index contributed by atoms with van der Waals surface area (Å²) in [4.78, 5) is 28.9. The van der Waals surface area contributed by atoms with Gasteiger partial charge < -0.3 is 10.2 Å². The molecule has 0 radical (unpaired) electrons. The lowest BCUT2D eigenvalue weighted by Gasteiger charge is -2.32. The molecule has 0 aromatic heterocycles. The van der Waals surface area contributed by atoms with Gasteiger partial charge in [0.2, 0.25) is 21.8 Å². The Morgan fingerprint density at radius 2 is 1.66 bits per heavy atom. The first kappa shape index (κ1) is 32.4. The van der Waals surface area contributed by atoms with Crippen LogP contribution < -0.4 is 9.62 Å². The number of amides is 2. The molecule has 0 heterocycles. The van der Waals surface area contributed by atoms with Crippen LogP contribution in [0, 0.1) is 6.92 Å². The lowest BCUT2D eigenvalue weighted by atomic mass is 10.0. The molecule has 0 aliphatic heterocycles. The minimum Gasteiger partial charge on any atom is -0.354 e. The van der Waals surface area contributed by atoms with E-state index in [1.54, 1.807) is 35.2 Å². The van der Waals surface area contributed by atoms with Crippen LogP contribution in [-0.4, -0.2) is 50.5 Å². The highest BCUT2D eigenvalue weighted by molar-refractivity contribution is 7.92. The topological polar surface area (TPSA) is 86.8 Å². The number of benzene rings is 3. The molecule has 2 amide bonds. The summed E-state index contributed by atoms with van der Waals surface area (Å²) in [6.45, 7) is 4.51. The Morgan fingerprint density at radius 1 is 0.976 bits per heavy atom. The van der Waals surface area contributed by atoms with E-state index in [1.165, 1.54) is 4.31 Å². The monoisotopic (exact) mass is 617 g/mol. The van der Waals surface area contributed by atoms with E-state index in [4.69, 9.17) is 23.2 Å². The molecule has 0 aliphatic carbocycles. The molecule has 7 nitrogen and oxygen atoms in total. The fourth-order valence-corrected chi connectivity index (χ4v) is 6.07. The Morgan fingerprint density at radius 3 is 2.29 bits per heavy atom. The van der Waals surface area contributed by atoms with E-state index in [-0.39, 0.29) is 37.7 Å². The third kappa shape index (κ3) is 9.48. The molecule has 0 spiro atoms. The number of anilines is 1. The largest absolute Gasteiger partial charge is 0.354 e. The van der Waals surface area contributed by atoms with Gasteiger partial charge in [-0.15, -0.1) is 0 Å². The number of para-hydroxylation sites is 1. The maximum absolute atomic E-state index is 13.9. The summed E-state index contributed by atoms with van der Waals surface area (Å²) in [6, 6.07) is 21.0. The highest BCUT2D eigenvalue weighted by Gasteiger charge is 2.31. The fraction of sp³-hybridized carbons (Fsp3) is 0.355. The van der Waals surface area contributed by atoms with Crippen LogP contribution in [0.4, 0.5) is 5.69 Å². The van der Waals surface area contributed by atoms with Gasteiger partial charge in [0.25, 0.3) is 0 Å². The number of nitrogens with zero attached hydrogens (tertiary/aromatic N) is 2. The number of hydrogen-bond acceptors (Lipinski definition) is 4. The number of carbonyl (C=O) groups is 2. The van der Waals surface area contributed by atoms with Gasteiger partial charge in [0.1, 0.15) is 6.04 Å². The highest BCUT2D eigenvalue weighted by Crippen LogP contribution is 2.26. The van der Waals surface area contributed by atoms with Gasteiger partial charge in [-0.1, -0.05) is 84.7 Å². The smallest absolute Gasteiger partial charge is 0.243 e. The number of hydrogen-bond donors (Lipinski definition) is 1. The standard InChI is InChI=1S/C31H37Cl2N3O4S/c1-4-18-34-31(38)29(20-24-12-6-5-7-13-24)35(22-25-16-17-26(32)21-27(25)33)30(37)15-10-19-36(41(3,39)40)28-14-9-8-11-23(28)2/h5-9,11-14,16-17,21,29H,4,10,15,18-20,22H2,1-3H3,(H,34,38). The second-order valence-corrected chi connectivity index (χ2v) is 12.7. The van der Waals surface area contributed by atoms with Crippen molar-refractivity contribution in [3.63, 3.8) is 0 Å². The second-order valence-electron chi connectivity index (χ2n) is 9.98. The van der Waals surface area contributed by atoms with E-state index >= 15 is 0 Å². The van der Waals surface area contributed by atoms with Gasteiger partial charge >= 0.3 is 0 Å². The molecular formula is C31H37Cl2N3O4S. The second kappa shape index (κ2) is 15.2. The van der Waals surface area contributed by atoms with Crippen molar-refractivity contribution in [2.24, 2.45) is 0 Å². The number of rotatable bonds is 14. The molecule has 1 atom stereocenters. The van der Waals surface area contributed by atoms with Crippen LogP contribution in [0.2, 0.25) is 10.0 Å². The average molecular weight is 619 g/mol. The molecule has 1 N–H and O–H groups in total. The summed E-state index contributed by atoms with van der Waals surface area (Å²) in [5.74, 6) is -0.534. The van der Waals surface area contributed by atoms with Crippen molar-refractivity contribution >= 4 is 50.7 Å². The van der Waals surface area contributed by atoms with E-state index in [0.717, 1.165) is 23.8 Å². The summed E-state index contributed by atoms with van der Waals surface area (Å²) < 4.78 is 26.6. The zero-order valence-electron chi connectivity index (χ0n) is 23.6. The number of sulfonamides is 1. The van der Waals surface area contributed by atoms with Gasteiger partial charge in [-0.3, -0.25) is 13.9 Å². The zero-order chi connectivity index (χ0) is 30.0. The van der Waals surface area contributed by atoms with Crippen molar-refractivity contribution in [2.45, 2.75) is 52.1 Å². The first-order valence-electron chi connectivity index (χ1n) is 13.6. The number of carbonyl (C=O) groups excluding carboxylic acids is 2. The third-order valence-electron chi connectivity index (χ3n) is 6.71. The molecule has 1 unspecified atom stereocenters. The van der Waals surface area contributed by atoms with Crippen LogP contribution in [0.3, 0.4) is 0 Å². The Hall–Kier alpha value is -3.07. The van der Waals surface area contributed by atoms with E-state index in [1.807, 2.05) is 56.3 Å². The van der Waals surface area contributed by atoms with Crippen LogP contribution >= 0.6 is 23.2 Å². The minimum atomic E-state index is -3.58. The summed E-state index contributed by atoms with van der Waals surface area (Å²) in [5.41, 5.74) is 2.96. The van der Waals surface area contributed by atoms with Gasteiger partial charge in [-0.2, -0.15) is 0 Å². The lowest BCUT2D eigenvalue weighted by molar-refractivity contribution is -0.141. The average Bonchev–Trinajstić information content (AvgIpc) is 2.93. The Balaban J connectivity index is 1.91. The quantitative estimate of drug-likeness (QED) is 0.240. The van der Waals surface area contributed by atoms with E-state index in [0.29, 0.717) is 34.3 Å². The SMILES string of the molecule is CCCNC(=O)C(Cc1ccccc1)N(Cc1ccc(Cl)cc1Cl)C(=O)CCCN(c1ccccc1C)S(C)(=O)=O. The van der Waals surface area contributed by atoms with Crippen molar-refractivity contribution in [1.82, 2.24) is 10.2 Å². The van der Waals surface area contributed by atoms with Gasteiger partial charge in [-0.05, 0) is 54.7 Å². The summed E-state index contributed by atoms with van der Waals surface area (Å²) in [5, 5.41) is 3.81. The molecule has 0 fully saturated rings. The van der Waals surface area contributed by atoms with Crippen molar-refractivity contribution in [1.29, 1.82) is 0 Å². The molecule has 41 heavy (non-hydrogen) atoms. The molecule has 0 bridgehead atoms.